The maximum atomic E-state index is 12.1. The Kier molecular flexibility index (Phi) is 6.23. The molecule has 0 fully saturated rings. The van der Waals surface area contributed by atoms with Crippen molar-refractivity contribution < 1.29 is 14.1 Å². The van der Waals surface area contributed by atoms with Gasteiger partial charge in [0.1, 0.15) is 0 Å². The molecule has 0 unspecified atom stereocenters. The fourth-order valence-corrected chi connectivity index (χ4v) is 10.6. The molecule has 0 atom stereocenters. The van der Waals surface area contributed by atoms with Crippen molar-refractivity contribution in [3.8, 4) is 5.75 Å². The summed E-state index contributed by atoms with van der Waals surface area (Å²) in [5, 5.41) is 4.03. The predicted molar refractivity (Wildman–Crippen MR) is 134 cm³/mol. The van der Waals surface area contributed by atoms with E-state index in [1.54, 1.807) is 0 Å². The van der Waals surface area contributed by atoms with Gasteiger partial charge in [-0.05, 0) is 0 Å². The second kappa shape index (κ2) is 9.08. The average Bonchev–Trinajstić information content (AvgIpc) is 2.85. The van der Waals surface area contributed by atoms with E-state index >= 15 is 0 Å². The third-order valence-corrected chi connectivity index (χ3v) is 11.6. The molecule has 4 aromatic rings. The number of para-hydroxylation sites is 1. The van der Waals surface area contributed by atoms with E-state index < -0.39 is 6.83 Å². The molecule has 0 aromatic heterocycles. The van der Waals surface area contributed by atoms with Crippen LogP contribution in [-0.2, 0) is 9.32 Å². The predicted octanol–water partition coefficient (Wildman–Crippen LogP) is 4.72. The fourth-order valence-electron chi connectivity index (χ4n) is 4.60. The number of hydrogen-bond donors (Lipinski definition) is 0. The molecular formula is C28H27O3P. The monoisotopic (exact) mass is 442 g/mol. The van der Waals surface area contributed by atoms with Gasteiger partial charge in [-0.3, -0.25) is 0 Å². The van der Waals surface area contributed by atoms with Crippen LogP contribution < -0.4 is 26.0 Å². The van der Waals surface area contributed by atoms with Gasteiger partial charge in [0.05, 0.1) is 0 Å². The van der Waals surface area contributed by atoms with Gasteiger partial charge >= 0.3 is 190 Å². The van der Waals surface area contributed by atoms with Crippen LogP contribution >= 0.6 is 6.83 Å². The van der Waals surface area contributed by atoms with Gasteiger partial charge in [-0.2, -0.15) is 0 Å². The van der Waals surface area contributed by atoms with Gasteiger partial charge in [0.2, 0.25) is 0 Å². The number of ether oxygens (including phenoxy) is 1. The Balaban J connectivity index is 2.30. The Morgan fingerprint density at radius 3 is 1.47 bits per heavy atom. The van der Waals surface area contributed by atoms with E-state index in [1.165, 1.54) is 6.92 Å². The van der Waals surface area contributed by atoms with E-state index in [4.69, 9.17) is 9.26 Å². The minimum absolute atomic E-state index is 0.361. The zero-order valence-electron chi connectivity index (χ0n) is 18.3. The Bertz CT molecular complexity index is 1090. The summed E-state index contributed by atoms with van der Waals surface area (Å²) in [5.41, 5.74) is 0. The van der Waals surface area contributed by atoms with Crippen LogP contribution in [0.25, 0.3) is 0 Å². The summed E-state index contributed by atoms with van der Waals surface area (Å²) < 4.78 is 12.9. The van der Waals surface area contributed by atoms with Crippen LogP contribution in [0, 0.1) is 0 Å². The first kappa shape index (κ1) is 22.0. The van der Waals surface area contributed by atoms with Gasteiger partial charge in [-0.25, -0.2) is 0 Å². The van der Waals surface area contributed by atoms with Gasteiger partial charge in [0.25, 0.3) is 0 Å². The van der Waals surface area contributed by atoms with Gasteiger partial charge in [0, 0.05) is 0 Å². The number of rotatable bonds is 7. The van der Waals surface area contributed by atoms with E-state index in [-0.39, 0.29) is 5.97 Å². The summed E-state index contributed by atoms with van der Waals surface area (Å²) >= 11 is 0. The second-order valence-electron chi connectivity index (χ2n) is 7.52. The quantitative estimate of drug-likeness (QED) is 0.236. The molecule has 32 heavy (non-hydrogen) atoms. The van der Waals surface area contributed by atoms with E-state index in [9.17, 15) is 4.79 Å². The van der Waals surface area contributed by atoms with E-state index in [2.05, 4.69) is 36.4 Å². The Morgan fingerprint density at radius 2 is 1.06 bits per heavy atom. The molecule has 0 radical (unpaired) electrons. The van der Waals surface area contributed by atoms with E-state index in [0.29, 0.717) is 12.4 Å². The van der Waals surface area contributed by atoms with Crippen molar-refractivity contribution in [1.82, 2.24) is 0 Å². The Hall–Kier alpha value is -3.26. The van der Waals surface area contributed by atoms with Crippen LogP contribution in [0.15, 0.2) is 115 Å². The second-order valence-corrected chi connectivity index (χ2v) is 11.9. The molecule has 0 saturated heterocycles. The van der Waals surface area contributed by atoms with Crippen molar-refractivity contribution in [3.63, 3.8) is 0 Å². The number of carbonyl (C=O) groups is 1. The zero-order valence-corrected chi connectivity index (χ0v) is 19.2. The van der Waals surface area contributed by atoms with Crippen LogP contribution in [-0.4, -0.2) is 12.6 Å². The molecule has 0 saturated carbocycles. The molecule has 0 aliphatic rings. The summed E-state index contributed by atoms with van der Waals surface area (Å²) in [6.45, 7) is 0.159. The van der Waals surface area contributed by atoms with Crippen LogP contribution in [0.5, 0.6) is 5.75 Å². The molecule has 3 nitrogen and oxygen atoms in total. The van der Waals surface area contributed by atoms with E-state index in [0.717, 1.165) is 21.2 Å². The first-order chi connectivity index (χ1) is 15.6. The molecule has 0 heterocycles. The maximum absolute atomic E-state index is 12.1. The fraction of sp³-hybridized carbons (Fsp3) is 0.107. The van der Waals surface area contributed by atoms with Crippen LogP contribution in [0.4, 0.5) is 0 Å². The molecular weight excluding hydrogens is 415 g/mol. The van der Waals surface area contributed by atoms with Gasteiger partial charge < -0.3 is 0 Å². The van der Waals surface area contributed by atoms with Crippen molar-refractivity contribution >= 4 is 34.0 Å². The van der Waals surface area contributed by atoms with Crippen molar-refractivity contribution in [2.45, 2.75) is 13.8 Å². The third-order valence-electron chi connectivity index (χ3n) is 5.71. The first-order valence-corrected chi connectivity index (χ1v) is 12.9. The number of carbonyl (C=O) groups excluding carboxylic acids is 1. The van der Waals surface area contributed by atoms with Crippen molar-refractivity contribution in [2.24, 2.45) is 0 Å². The molecule has 0 spiro atoms. The average molecular weight is 442 g/mol. The van der Waals surface area contributed by atoms with Crippen LogP contribution in [0.1, 0.15) is 13.8 Å². The minimum atomic E-state index is -3.77. The summed E-state index contributed by atoms with van der Waals surface area (Å²) in [6.07, 6.45) is 0. The van der Waals surface area contributed by atoms with Crippen molar-refractivity contribution in [3.05, 3.63) is 115 Å². The van der Waals surface area contributed by atoms with Crippen LogP contribution in [0.2, 0.25) is 0 Å². The summed E-state index contributed by atoms with van der Waals surface area (Å²) in [4.78, 5) is 12.1. The Morgan fingerprint density at radius 1 is 0.656 bits per heavy atom. The Labute approximate surface area is 189 Å². The SMILES string of the molecule is CCOP(c1ccccc1)(c1ccccc1)(c1ccccc1)c1ccccc1OC(C)=O. The van der Waals surface area contributed by atoms with Crippen molar-refractivity contribution in [2.75, 3.05) is 6.61 Å². The molecule has 0 aliphatic carbocycles. The standard InChI is InChI=1S/C28H27O3P/c1-3-30-32(24-15-7-4-8-16-24,25-17-9-5-10-18-25,26-19-11-6-12-20-26)28-22-14-13-21-27(28)31-23(2)29/h4-22H,3H2,1-2H3. The van der Waals surface area contributed by atoms with Gasteiger partial charge in [-0.1, -0.05) is 0 Å². The summed E-state index contributed by atoms with van der Waals surface area (Å²) in [5.74, 6) is 0.155. The number of benzene rings is 4. The normalized spacial score (nSPS) is 12.5. The topological polar surface area (TPSA) is 35.5 Å². The number of hydrogen-bond acceptors (Lipinski definition) is 3. The molecule has 4 rings (SSSR count). The number of esters is 1. The molecule has 0 N–H and O–H groups in total. The first-order valence-electron chi connectivity index (χ1n) is 10.7. The van der Waals surface area contributed by atoms with Gasteiger partial charge in [0.15, 0.2) is 0 Å². The third kappa shape index (κ3) is 3.35. The summed E-state index contributed by atoms with van der Waals surface area (Å²) in [6, 6.07) is 38.8. The zero-order chi connectivity index (χ0) is 22.5. The van der Waals surface area contributed by atoms with Gasteiger partial charge in [-0.15, -0.1) is 0 Å². The molecule has 0 bridgehead atoms. The van der Waals surface area contributed by atoms with Crippen molar-refractivity contribution in [1.29, 1.82) is 0 Å². The van der Waals surface area contributed by atoms with Crippen LogP contribution in [0.3, 0.4) is 0 Å². The molecule has 4 aromatic carbocycles. The molecule has 162 valence electrons. The summed E-state index contributed by atoms with van der Waals surface area (Å²) in [7, 11) is 0. The molecule has 0 amide bonds. The molecule has 0 aliphatic heterocycles. The molecule has 4 heteroatoms. The van der Waals surface area contributed by atoms with E-state index in [1.807, 2.05) is 85.8 Å².